The molecule has 1 fully saturated rings. The van der Waals surface area contributed by atoms with E-state index in [-0.39, 0.29) is 17.4 Å². The maximum absolute atomic E-state index is 12.8. The number of benzene rings is 2. The van der Waals surface area contributed by atoms with Crippen LogP contribution in [-0.4, -0.2) is 44.4 Å². The van der Waals surface area contributed by atoms with Gasteiger partial charge in [0, 0.05) is 18.8 Å². The number of hydrogen-bond acceptors (Lipinski definition) is 5. The van der Waals surface area contributed by atoms with Gasteiger partial charge < -0.3 is 14.8 Å². The molecule has 8 heteroatoms. The van der Waals surface area contributed by atoms with Gasteiger partial charge in [0.05, 0.1) is 4.90 Å². The minimum atomic E-state index is -3.56. The molecule has 2 heterocycles. The van der Waals surface area contributed by atoms with Crippen LogP contribution in [0.2, 0.25) is 0 Å². The Morgan fingerprint density at radius 2 is 1.75 bits per heavy atom. The molecule has 0 aromatic heterocycles. The molecule has 2 aliphatic heterocycles. The highest BCUT2D eigenvalue weighted by molar-refractivity contribution is 7.89. The Kier molecular flexibility index (Phi) is 5.23. The fraction of sp³-hybridized carbons (Fsp3) is 0.350. The van der Waals surface area contributed by atoms with Crippen LogP contribution in [0.4, 0.5) is 5.69 Å². The summed E-state index contributed by atoms with van der Waals surface area (Å²) in [5, 5.41) is 2.73. The molecule has 1 amide bonds. The first-order valence-electron chi connectivity index (χ1n) is 9.33. The van der Waals surface area contributed by atoms with Gasteiger partial charge >= 0.3 is 0 Å². The lowest BCUT2D eigenvalue weighted by Crippen LogP contribution is -2.40. The maximum atomic E-state index is 12.8. The predicted octanol–water partition coefficient (Wildman–Crippen LogP) is 2.64. The number of ether oxygens (including phenoxy) is 2. The van der Waals surface area contributed by atoms with Gasteiger partial charge in [0.25, 0.3) is 5.91 Å². The number of sulfonamides is 1. The van der Waals surface area contributed by atoms with Crippen molar-refractivity contribution in [2.45, 2.75) is 30.3 Å². The summed E-state index contributed by atoms with van der Waals surface area (Å²) in [5.41, 5.74) is 0.408. The molecule has 0 spiro atoms. The minimum absolute atomic E-state index is 0.0919. The SMILES string of the molecule is O=C(Nc1cccc(S(=O)(=O)N2CCCCC2)c1)C1COc2ccccc2O1. The molecule has 0 radical (unpaired) electrons. The van der Waals surface area contributed by atoms with Gasteiger partial charge in [-0.05, 0) is 43.2 Å². The highest BCUT2D eigenvalue weighted by Crippen LogP contribution is 2.31. The van der Waals surface area contributed by atoms with Gasteiger partial charge in [-0.1, -0.05) is 24.6 Å². The Bertz CT molecular complexity index is 970. The van der Waals surface area contributed by atoms with E-state index in [9.17, 15) is 13.2 Å². The van der Waals surface area contributed by atoms with Gasteiger partial charge in [0.15, 0.2) is 11.5 Å². The standard InChI is InChI=1S/C20H22N2O5S/c23-20(19-14-26-17-9-2-3-10-18(17)27-19)21-15-7-6-8-16(13-15)28(24,25)22-11-4-1-5-12-22/h2-3,6-10,13,19H,1,4-5,11-12,14H2,(H,21,23). The number of carbonyl (C=O) groups excluding carboxylic acids is 1. The van der Waals surface area contributed by atoms with E-state index >= 15 is 0 Å². The number of nitrogens with zero attached hydrogens (tertiary/aromatic N) is 1. The molecule has 4 rings (SSSR count). The fourth-order valence-electron chi connectivity index (χ4n) is 3.36. The van der Waals surface area contributed by atoms with Crippen LogP contribution in [0.1, 0.15) is 19.3 Å². The van der Waals surface area contributed by atoms with E-state index in [1.807, 2.05) is 6.07 Å². The Hall–Kier alpha value is -2.58. The third-order valence-corrected chi connectivity index (χ3v) is 6.75. The van der Waals surface area contributed by atoms with Crippen LogP contribution in [0.3, 0.4) is 0 Å². The van der Waals surface area contributed by atoms with E-state index in [1.165, 1.54) is 10.4 Å². The molecule has 0 bridgehead atoms. The van der Waals surface area contributed by atoms with E-state index in [0.29, 0.717) is 30.3 Å². The van der Waals surface area contributed by atoms with Gasteiger partial charge in [0.1, 0.15) is 6.61 Å². The Labute approximate surface area is 164 Å². The number of amides is 1. The zero-order chi connectivity index (χ0) is 19.6. The Morgan fingerprint density at radius 1 is 1.00 bits per heavy atom. The topological polar surface area (TPSA) is 84.9 Å². The summed E-state index contributed by atoms with van der Waals surface area (Å²) in [6, 6.07) is 13.5. The monoisotopic (exact) mass is 402 g/mol. The second-order valence-electron chi connectivity index (χ2n) is 6.85. The van der Waals surface area contributed by atoms with Crippen molar-refractivity contribution in [1.82, 2.24) is 4.31 Å². The summed E-state index contributed by atoms with van der Waals surface area (Å²) in [4.78, 5) is 12.7. The van der Waals surface area contributed by atoms with E-state index in [0.717, 1.165) is 19.3 Å². The van der Waals surface area contributed by atoms with Crippen molar-refractivity contribution >= 4 is 21.6 Å². The van der Waals surface area contributed by atoms with Crippen LogP contribution in [0.25, 0.3) is 0 Å². The molecule has 7 nitrogen and oxygen atoms in total. The average molecular weight is 402 g/mol. The van der Waals surface area contributed by atoms with Crippen LogP contribution in [0.5, 0.6) is 11.5 Å². The third-order valence-electron chi connectivity index (χ3n) is 4.86. The molecule has 2 aromatic carbocycles. The molecule has 1 unspecified atom stereocenters. The molecular formula is C20H22N2O5S. The number of fused-ring (bicyclic) bond motifs is 1. The van der Waals surface area contributed by atoms with Crippen molar-refractivity contribution in [3.63, 3.8) is 0 Å². The highest BCUT2D eigenvalue weighted by atomic mass is 32.2. The van der Waals surface area contributed by atoms with Crippen LogP contribution in [-0.2, 0) is 14.8 Å². The second kappa shape index (κ2) is 7.81. The van der Waals surface area contributed by atoms with Gasteiger partial charge in [-0.15, -0.1) is 0 Å². The first kappa shape index (κ1) is 18.8. The van der Waals surface area contributed by atoms with Crippen LogP contribution < -0.4 is 14.8 Å². The lowest BCUT2D eigenvalue weighted by atomic mass is 10.2. The van der Waals surface area contributed by atoms with Crippen LogP contribution in [0.15, 0.2) is 53.4 Å². The summed E-state index contributed by atoms with van der Waals surface area (Å²) >= 11 is 0. The lowest BCUT2D eigenvalue weighted by Gasteiger charge is -2.26. The quantitative estimate of drug-likeness (QED) is 0.850. The summed E-state index contributed by atoms with van der Waals surface area (Å²) in [6.45, 7) is 1.16. The molecule has 1 N–H and O–H groups in total. The zero-order valence-electron chi connectivity index (χ0n) is 15.3. The van der Waals surface area contributed by atoms with E-state index in [1.54, 1.807) is 36.4 Å². The third kappa shape index (κ3) is 3.83. The molecule has 0 aliphatic carbocycles. The summed E-state index contributed by atoms with van der Waals surface area (Å²) in [7, 11) is -3.56. The number of carbonyl (C=O) groups is 1. The predicted molar refractivity (Wildman–Crippen MR) is 104 cm³/mol. The zero-order valence-corrected chi connectivity index (χ0v) is 16.2. The van der Waals surface area contributed by atoms with Gasteiger partial charge in [-0.2, -0.15) is 4.31 Å². The summed E-state index contributed by atoms with van der Waals surface area (Å²) < 4.78 is 38.4. The van der Waals surface area contributed by atoms with Crippen LogP contribution >= 0.6 is 0 Å². The van der Waals surface area contributed by atoms with Gasteiger partial charge in [-0.3, -0.25) is 4.79 Å². The molecule has 1 atom stereocenters. The number of anilines is 1. The lowest BCUT2D eigenvalue weighted by molar-refractivity contribution is -0.125. The normalized spacial score (nSPS) is 19.8. The smallest absolute Gasteiger partial charge is 0.269 e. The van der Waals surface area contributed by atoms with Crippen molar-refractivity contribution in [3.8, 4) is 11.5 Å². The van der Waals surface area contributed by atoms with Crippen molar-refractivity contribution in [3.05, 3.63) is 48.5 Å². The first-order valence-corrected chi connectivity index (χ1v) is 10.8. The molecule has 28 heavy (non-hydrogen) atoms. The minimum Gasteiger partial charge on any atom is -0.485 e. The largest absolute Gasteiger partial charge is 0.485 e. The number of hydrogen-bond donors (Lipinski definition) is 1. The summed E-state index contributed by atoms with van der Waals surface area (Å²) in [6.07, 6.45) is 1.98. The molecule has 2 aliphatic rings. The Balaban J connectivity index is 1.47. The molecule has 0 saturated carbocycles. The van der Waals surface area contributed by atoms with Crippen molar-refractivity contribution in [2.75, 3.05) is 25.0 Å². The van der Waals surface area contributed by atoms with Gasteiger partial charge in [-0.25, -0.2) is 8.42 Å². The van der Waals surface area contributed by atoms with Crippen molar-refractivity contribution in [1.29, 1.82) is 0 Å². The number of para-hydroxylation sites is 2. The number of rotatable bonds is 4. The number of nitrogens with one attached hydrogen (secondary N) is 1. The second-order valence-corrected chi connectivity index (χ2v) is 8.78. The number of piperidine rings is 1. The molecule has 1 saturated heterocycles. The molecule has 148 valence electrons. The van der Waals surface area contributed by atoms with E-state index in [4.69, 9.17) is 9.47 Å². The van der Waals surface area contributed by atoms with Crippen molar-refractivity contribution in [2.24, 2.45) is 0 Å². The maximum Gasteiger partial charge on any atom is 0.269 e. The van der Waals surface area contributed by atoms with E-state index in [2.05, 4.69) is 5.32 Å². The first-order chi connectivity index (χ1) is 13.5. The Morgan fingerprint density at radius 3 is 2.54 bits per heavy atom. The van der Waals surface area contributed by atoms with E-state index < -0.39 is 16.1 Å². The molecule has 2 aromatic rings. The van der Waals surface area contributed by atoms with Gasteiger partial charge in [0.2, 0.25) is 16.1 Å². The molecular weight excluding hydrogens is 380 g/mol. The van der Waals surface area contributed by atoms with Crippen molar-refractivity contribution < 1.29 is 22.7 Å². The average Bonchev–Trinajstić information content (AvgIpc) is 2.74. The fourth-order valence-corrected chi connectivity index (χ4v) is 4.92. The summed E-state index contributed by atoms with van der Waals surface area (Å²) in [5.74, 6) is 0.721. The highest BCUT2D eigenvalue weighted by Gasteiger charge is 2.29. The van der Waals surface area contributed by atoms with Crippen LogP contribution in [0, 0.1) is 0 Å².